The molecule has 0 spiro atoms. The van der Waals surface area contributed by atoms with Crippen LogP contribution in [0.1, 0.15) is 72.3 Å². The zero-order valence-corrected chi connectivity index (χ0v) is 26.4. The van der Waals surface area contributed by atoms with Gasteiger partial charge in [0.2, 0.25) is 0 Å². The quantitative estimate of drug-likeness (QED) is 0.194. The molecule has 9 heteroatoms. The van der Waals surface area contributed by atoms with Gasteiger partial charge in [-0.25, -0.2) is 9.59 Å². The van der Waals surface area contributed by atoms with Crippen molar-refractivity contribution in [3.05, 3.63) is 89.5 Å². The number of carbonyl (C=O) groups excluding carboxylic acids is 2. The highest BCUT2D eigenvalue weighted by molar-refractivity contribution is 6.01. The molecule has 1 aromatic heterocycles. The molecular formula is C38H40N4O5. The third kappa shape index (κ3) is 6.48. The summed E-state index contributed by atoms with van der Waals surface area (Å²) in [7, 11) is 0. The van der Waals surface area contributed by atoms with Gasteiger partial charge in [0, 0.05) is 52.9 Å². The fourth-order valence-corrected chi connectivity index (χ4v) is 7.42. The first-order chi connectivity index (χ1) is 22.9. The molecule has 1 aliphatic carbocycles. The van der Waals surface area contributed by atoms with Crippen molar-refractivity contribution < 1.29 is 24.2 Å². The molecule has 1 saturated carbocycles. The number of anilines is 1. The zero-order chi connectivity index (χ0) is 32.3. The van der Waals surface area contributed by atoms with E-state index in [0.717, 1.165) is 35.0 Å². The second-order valence-corrected chi connectivity index (χ2v) is 12.8. The van der Waals surface area contributed by atoms with E-state index in [2.05, 4.69) is 45.5 Å². The summed E-state index contributed by atoms with van der Waals surface area (Å²) in [5, 5.41) is 16.2. The Bertz CT molecular complexity index is 1830. The number of amides is 3. The number of piperidine rings is 1. The first kappa shape index (κ1) is 30.6. The summed E-state index contributed by atoms with van der Waals surface area (Å²) in [5.74, 6) is 0.318. The topological polar surface area (TPSA) is 113 Å². The molecule has 9 nitrogen and oxygen atoms in total. The van der Waals surface area contributed by atoms with Gasteiger partial charge >= 0.3 is 12.0 Å². The zero-order valence-electron chi connectivity index (χ0n) is 26.4. The number of benzene rings is 3. The highest BCUT2D eigenvalue weighted by Crippen LogP contribution is 2.47. The molecule has 3 amide bonds. The Morgan fingerprint density at radius 1 is 0.872 bits per heavy atom. The minimum Gasteiger partial charge on any atom is -0.491 e. The Morgan fingerprint density at radius 2 is 1.64 bits per heavy atom. The van der Waals surface area contributed by atoms with Crippen molar-refractivity contribution in [3.63, 3.8) is 0 Å². The van der Waals surface area contributed by atoms with Crippen LogP contribution in [0.4, 0.5) is 10.5 Å². The molecule has 7 rings (SSSR count). The number of nitrogens with one attached hydrogen (secondary N) is 2. The number of para-hydroxylation sites is 1. The summed E-state index contributed by atoms with van der Waals surface area (Å²) in [4.78, 5) is 39.0. The monoisotopic (exact) mass is 632 g/mol. The maximum Gasteiger partial charge on any atom is 0.328 e. The molecule has 2 fully saturated rings. The number of fused-ring (bicyclic) bond motifs is 5. The lowest BCUT2D eigenvalue weighted by atomic mass is 9.81. The predicted molar refractivity (Wildman–Crippen MR) is 183 cm³/mol. The van der Waals surface area contributed by atoms with Crippen molar-refractivity contribution in [1.29, 1.82) is 0 Å². The number of rotatable bonds is 6. The Hall–Kier alpha value is -5.05. The van der Waals surface area contributed by atoms with Gasteiger partial charge in [-0.2, -0.15) is 0 Å². The number of hydrogen-bond acceptors (Lipinski definition) is 4. The SMILES string of the molecule is O=C(O)/C=C/c1ccc(NC(=O)N2CCC(NC(=O)c3ccc4c(C5CCCCC5)c5n(c4c3)CCOc3ccccc3-5)CC2)cc1. The molecule has 0 unspecified atom stereocenters. The second-order valence-electron chi connectivity index (χ2n) is 12.8. The Morgan fingerprint density at radius 3 is 2.40 bits per heavy atom. The predicted octanol–water partition coefficient (Wildman–Crippen LogP) is 7.27. The van der Waals surface area contributed by atoms with E-state index < -0.39 is 5.97 Å². The van der Waals surface area contributed by atoms with Crippen LogP contribution in [0.15, 0.2) is 72.8 Å². The van der Waals surface area contributed by atoms with Crippen molar-refractivity contribution in [2.75, 3.05) is 25.0 Å². The molecule has 47 heavy (non-hydrogen) atoms. The van der Waals surface area contributed by atoms with Crippen LogP contribution >= 0.6 is 0 Å². The molecule has 4 aromatic rings. The van der Waals surface area contributed by atoms with Crippen LogP contribution in [0.2, 0.25) is 0 Å². The third-order valence-corrected chi connectivity index (χ3v) is 9.79. The number of aromatic nitrogens is 1. The van der Waals surface area contributed by atoms with E-state index in [0.29, 0.717) is 49.7 Å². The van der Waals surface area contributed by atoms with Gasteiger partial charge in [0.25, 0.3) is 5.91 Å². The summed E-state index contributed by atoms with van der Waals surface area (Å²) >= 11 is 0. The van der Waals surface area contributed by atoms with Crippen LogP contribution in [0.25, 0.3) is 28.2 Å². The van der Waals surface area contributed by atoms with Gasteiger partial charge in [0.1, 0.15) is 12.4 Å². The van der Waals surface area contributed by atoms with Crippen LogP contribution in [-0.4, -0.2) is 58.2 Å². The number of carboxylic acid groups (broad SMARTS) is 1. The Balaban J connectivity index is 1.04. The number of hydrogen-bond donors (Lipinski definition) is 3. The van der Waals surface area contributed by atoms with Gasteiger partial charge < -0.3 is 29.9 Å². The molecule has 0 radical (unpaired) electrons. The minimum absolute atomic E-state index is 0.0231. The van der Waals surface area contributed by atoms with E-state index >= 15 is 0 Å². The largest absolute Gasteiger partial charge is 0.491 e. The molecule has 3 heterocycles. The van der Waals surface area contributed by atoms with Crippen LogP contribution in [-0.2, 0) is 11.3 Å². The molecule has 0 bridgehead atoms. The maximum absolute atomic E-state index is 13.6. The summed E-state index contributed by atoms with van der Waals surface area (Å²) in [6.07, 6.45) is 10.1. The number of nitrogens with zero attached hydrogens (tertiary/aromatic N) is 2. The fourth-order valence-electron chi connectivity index (χ4n) is 7.42. The summed E-state index contributed by atoms with van der Waals surface area (Å²) in [5.41, 5.74) is 6.89. The molecular weight excluding hydrogens is 592 g/mol. The lowest BCUT2D eigenvalue weighted by Crippen LogP contribution is -2.47. The van der Waals surface area contributed by atoms with E-state index in [1.807, 2.05) is 12.1 Å². The van der Waals surface area contributed by atoms with E-state index in [1.165, 1.54) is 54.8 Å². The average molecular weight is 633 g/mol. The molecule has 242 valence electrons. The maximum atomic E-state index is 13.6. The van der Waals surface area contributed by atoms with Gasteiger partial charge in [-0.1, -0.05) is 49.6 Å². The molecule has 0 atom stereocenters. The van der Waals surface area contributed by atoms with Crippen molar-refractivity contribution in [1.82, 2.24) is 14.8 Å². The van der Waals surface area contributed by atoms with Crippen LogP contribution < -0.4 is 15.4 Å². The highest BCUT2D eigenvalue weighted by atomic mass is 16.5. The summed E-state index contributed by atoms with van der Waals surface area (Å²) in [6.45, 7) is 2.37. The van der Waals surface area contributed by atoms with Crippen molar-refractivity contribution in [3.8, 4) is 17.0 Å². The normalized spacial score (nSPS) is 17.1. The van der Waals surface area contributed by atoms with Crippen LogP contribution in [0.5, 0.6) is 5.75 Å². The van der Waals surface area contributed by atoms with Crippen molar-refractivity contribution in [2.24, 2.45) is 0 Å². The van der Waals surface area contributed by atoms with E-state index in [1.54, 1.807) is 29.2 Å². The van der Waals surface area contributed by atoms with Gasteiger partial charge in [-0.05, 0) is 85.2 Å². The molecule has 3 N–H and O–H groups in total. The van der Waals surface area contributed by atoms with Crippen LogP contribution in [0.3, 0.4) is 0 Å². The smallest absolute Gasteiger partial charge is 0.328 e. The molecule has 1 saturated heterocycles. The third-order valence-electron chi connectivity index (χ3n) is 9.79. The van der Waals surface area contributed by atoms with Gasteiger partial charge in [-0.3, -0.25) is 4.79 Å². The van der Waals surface area contributed by atoms with Gasteiger partial charge in [0.15, 0.2) is 0 Å². The number of aliphatic carboxylic acids is 1. The number of carbonyl (C=O) groups is 3. The number of likely N-dealkylation sites (tertiary alicyclic amines) is 1. The van der Waals surface area contributed by atoms with Crippen molar-refractivity contribution in [2.45, 2.75) is 63.5 Å². The standard InChI is InChI=1S/C38H40N4O5/c43-34(44)17-12-25-10-14-28(15-11-25)40-38(46)41-20-18-29(19-21-41)39-37(45)27-13-16-30-32(24-27)42-22-23-47-33-9-5-4-8-31(33)36(42)35(30)26-6-2-1-3-7-26/h4-5,8-17,24,26,29H,1-3,6-7,18-23H2,(H,39,45)(H,40,46)(H,43,44)/b17-12+. The van der Waals surface area contributed by atoms with Gasteiger partial charge in [-0.15, -0.1) is 0 Å². The lowest BCUT2D eigenvalue weighted by Gasteiger charge is -2.32. The summed E-state index contributed by atoms with van der Waals surface area (Å²) in [6, 6.07) is 21.3. The first-order valence-electron chi connectivity index (χ1n) is 16.7. The fraction of sp³-hybridized carbons (Fsp3) is 0.342. The Kier molecular flexibility index (Phi) is 8.70. The number of ether oxygens (including phenoxy) is 1. The Labute approximate surface area is 274 Å². The molecule has 3 aromatic carbocycles. The lowest BCUT2D eigenvalue weighted by molar-refractivity contribution is -0.131. The highest BCUT2D eigenvalue weighted by Gasteiger charge is 2.30. The second kappa shape index (κ2) is 13.4. The number of carboxylic acids is 1. The average Bonchev–Trinajstić information content (AvgIpc) is 3.29. The van der Waals surface area contributed by atoms with Gasteiger partial charge in [0.05, 0.1) is 12.2 Å². The van der Waals surface area contributed by atoms with Crippen molar-refractivity contribution >= 4 is 40.6 Å². The molecule has 3 aliphatic rings. The van der Waals surface area contributed by atoms with E-state index in [4.69, 9.17) is 9.84 Å². The van der Waals surface area contributed by atoms with E-state index in [9.17, 15) is 14.4 Å². The van der Waals surface area contributed by atoms with E-state index in [-0.39, 0.29) is 18.0 Å². The summed E-state index contributed by atoms with van der Waals surface area (Å²) < 4.78 is 8.56. The van der Waals surface area contributed by atoms with Crippen LogP contribution in [0, 0.1) is 0 Å². The molecule has 2 aliphatic heterocycles. The minimum atomic E-state index is -1.01. The number of urea groups is 1. The first-order valence-corrected chi connectivity index (χ1v) is 16.7.